The molecule has 0 N–H and O–H groups in total. The molecule has 2 atom stereocenters. The normalized spacial score (nSPS) is 49.1. The zero-order valence-corrected chi connectivity index (χ0v) is 6.52. The number of hydrogen-bond acceptors (Lipinski definition) is 0. The van der Waals surface area contributed by atoms with Crippen molar-refractivity contribution < 1.29 is 21.2 Å². The van der Waals surface area contributed by atoms with Crippen molar-refractivity contribution in [1.29, 1.82) is 0 Å². The Morgan fingerprint density at radius 3 is 2.43 bits per heavy atom. The van der Waals surface area contributed by atoms with Gasteiger partial charge in [0.2, 0.25) is 0 Å². The first kappa shape index (κ1) is 4.59. The Labute approximate surface area is 54.9 Å². The summed E-state index contributed by atoms with van der Waals surface area (Å²) < 4.78 is 2.95. The molecule has 2 aliphatic rings. The first-order valence-corrected chi connectivity index (χ1v) is 5.81. The first-order valence-electron chi connectivity index (χ1n) is 3.04. The van der Waals surface area contributed by atoms with Gasteiger partial charge in [-0.15, -0.1) is 0 Å². The van der Waals surface area contributed by atoms with Gasteiger partial charge in [0.05, 0.1) is 0 Å². The van der Waals surface area contributed by atoms with Crippen LogP contribution in [0.1, 0.15) is 19.3 Å². The Kier molecular flexibility index (Phi) is 1.05. The zero-order chi connectivity index (χ0) is 4.69. The Morgan fingerprint density at radius 1 is 1.14 bits per heavy atom. The summed E-state index contributed by atoms with van der Waals surface area (Å²) in [6.07, 6.45) is 4.81. The number of hydrogen-bond donors (Lipinski definition) is 0. The topological polar surface area (TPSA) is 0 Å². The second-order valence-corrected chi connectivity index (χ2v) is 6.04. The third kappa shape index (κ3) is 0.609. The summed E-state index contributed by atoms with van der Waals surface area (Å²) in [5, 5.41) is 0. The molecule has 1 heteroatoms. The Bertz CT molecular complexity index is 70.2. The van der Waals surface area contributed by atoms with Gasteiger partial charge in [-0.25, -0.2) is 0 Å². The van der Waals surface area contributed by atoms with Gasteiger partial charge in [-0.2, -0.15) is 0 Å². The van der Waals surface area contributed by atoms with E-state index >= 15 is 0 Å². The van der Waals surface area contributed by atoms with Crippen molar-refractivity contribution in [3.63, 3.8) is 0 Å². The van der Waals surface area contributed by atoms with Crippen LogP contribution in [0.3, 0.4) is 0 Å². The quantitative estimate of drug-likeness (QED) is 0.328. The van der Waals surface area contributed by atoms with Crippen LogP contribution in [0.2, 0.25) is 0 Å². The van der Waals surface area contributed by atoms with Crippen molar-refractivity contribution in [2.75, 3.05) is 4.43 Å². The van der Waals surface area contributed by atoms with E-state index in [9.17, 15) is 0 Å². The van der Waals surface area contributed by atoms with Gasteiger partial charge < -0.3 is 0 Å². The third-order valence-corrected chi connectivity index (χ3v) is 6.13. The van der Waals surface area contributed by atoms with Gasteiger partial charge in [0.25, 0.3) is 0 Å². The van der Waals surface area contributed by atoms with Crippen molar-refractivity contribution in [2.24, 2.45) is 5.92 Å². The summed E-state index contributed by atoms with van der Waals surface area (Å²) in [4.78, 5) is 0. The summed E-state index contributed by atoms with van der Waals surface area (Å²) in [6, 6.07) is 0. The van der Waals surface area contributed by atoms with Crippen molar-refractivity contribution in [2.45, 2.75) is 23.2 Å². The Morgan fingerprint density at radius 2 is 2.14 bits per heavy atom. The van der Waals surface area contributed by atoms with Crippen molar-refractivity contribution in [3.05, 3.63) is 0 Å². The van der Waals surface area contributed by atoms with Crippen LogP contribution < -0.4 is 21.2 Å². The zero-order valence-electron chi connectivity index (χ0n) is 4.36. The molecule has 1 aliphatic heterocycles. The van der Waals surface area contributed by atoms with Gasteiger partial charge in [-0.1, -0.05) is 0 Å². The molecule has 0 bridgehead atoms. The maximum atomic E-state index is 1.65. The van der Waals surface area contributed by atoms with Crippen LogP contribution in [-0.2, 0) is 0 Å². The third-order valence-electron chi connectivity index (χ3n) is 2.11. The van der Waals surface area contributed by atoms with Crippen LogP contribution in [0.15, 0.2) is 0 Å². The molecule has 42 valence electrons. The van der Waals surface area contributed by atoms with Crippen molar-refractivity contribution in [3.8, 4) is 0 Å². The van der Waals surface area contributed by atoms with Crippen LogP contribution in [0.25, 0.3) is 0 Å². The van der Waals surface area contributed by atoms with Gasteiger partial charge in [-0.05, 0) is 0 Å². The van der Waals surface area contributed by atoms with Crippen LogP contribution in [-0.4, -0.2) is 8.35 Å². The van der Waals surface area contributed by atoms with Gasteiger partial charge in [0, 0.05) is 0 Å². The van der Waals surface area contributed by atoms with E-state index in [4.69, 9.17) is 0 Å². The fraction of sp³-hybridized carbons (Fsp3) is 1.00. The number of halogens is 1. The fourth-order valence-corrected chi connectivity index (χ4v) is 5.60. The Balaban J connectivity index is 2.03. The molecule has 0 aromatic rings. The number of alkyl halides is 2. The molecule has 2 fully saturated rings. The summed E-state index contributed by atoms with van der Waals surface area (Å²) in [7, 11) is 0. The second kappa shape index (κ2) is 1.61. The van der Waals surface area contributed by atoms with Gasteiger partial charge in [-0.3, -0.25) is 0 Å². The van der Waals surface area contributed by atoms with Crippen LogP contribution in [0.4, 0.5) is 0 Å². The van der Waals surface area contributed by atoms with E-state index in [1.807, 2.05) is 0 Å². The average Bonchev–Trinajstić information content (AvgIpc) is 1.85. The molecule has 2 rings (SSSR count). The summed E-state index contributed by atoms with van der Waals surface area (Å²) in [6.45, 7) is 0. The van der Waals surface area contributed by atoms with E-state index in [1.54, 1.807) is 23.7 Å². The van der Waals surface area contributed by atoms with Crippen molar-refractivity contribution >= 4 is 0 Å². The monoisotopic (exact) mass is 209 g/mol. The van der Waals surface area contributed by atoms with E-state index < -0.39 is 0 Å². The van der Waals surface area contributed by atoms with E-state index in [2.05, 4.69) is 0 Å². The van der Waals surface area contributed by atoms with Gasteiger partial charge in [0.1, 0.15) is 0 Å². The minimum absolute atomic E-state index is 0.726. The number of rotatable bonds is 0. The molecule has 2 unspecified atom stereocenters. The fourth-order valence-electron chi connectivity index (χ4n) is 1.40. The summed E-state index contributed by atoms with van der Waals surface area (Å²) >= 11 is 0.726. The Hall–Kier alpha value is 0.730. The molecular formula is C6H10I-. The van der Waals surface area contributed by atoms with Gasteiger partial charge >= 0.3 is 54.7 Å². The van der Waals surface area contributed by atoms with E-state index in [-0.39, 0.29) is 0 Å². The SMILES string of the molecule is C1CC2CCC2[I-]1. The molecule has 0 aromatic carbocycles. The standard InChI is InChI=1S/C6H10I/c1-2-6-5(1)3-4-7-6/h5-6H,1-4H2/q-1. The molecule has 1 saturated heterocycles. The van der Waals surface area contributed by atoms with Crippen LogP contribution in [0, 0.1) is 5.92 Å². The molecule has 0 spiro atoms. The summed E-state index contributed by atoms with van der Waals surface area (Å²) in [5.41, 5.74) is 0. The minimum atomic E-state index is 0.726. The molecule has 0 aromatic heterocycles. The molecule has 1 heterocycles. The molecule has 7 heavy (non-hydrogen) atoms. The maximum absolute atomic E-state index is 1.65. The second-order valence-electron chi connectivity index (χ2n) is 2.49. The summed E-state index contributed by atoms with van der Waals surface area (Å²) in [5.74, 6) is 1.24. The predicted octanol–water partition coefficient (Wildman–Crippen LogP) is -1.74. The number of fused-ring (bicyclic) bond motifs is 1. The van der Waals surface area contributed by atoms with Crippen LogP contribution in [0.5, 0.6) is 0 Å². The molecule has 1 aliphatic carbocycles. The van der Waals surface area contributed by atoms with Crippen molar-refractivity contribution in [1.82, 2.24) is 0 Å². The molecule has 0 amide bonds. The van der Waals surface area contributed by atoms with E-state index in [0.717, 1.165) is 21.2 Å². The van der Waals surface area contributed by atoms with E-state index in [0.29, 0.717) is 0 Å². The molecular weight excluding hydrogens is 199 g/mol. The van der Waals surface area contributed by atoms with Crippen LogP contribution >= 0.6 is 0 Å². The molecule has 0 radical (unpaired) electrons. The average molecular weight is 209 g/mol. The molecule has 1 saturated carbocycles. The van der Waals surface area contributed by atoms with E-state index in [1.165, 1.54) is 9.84 Å². The molecule has 0 nitrogen and oxygen atoms in total. The van der Waals surface area contributed by atoms with Gasteiger partial charge in [0.15, 0.2) is 0 Å². The first-order chi connectivity index (χ1) is 3.47. The predicted molar refractivity (Wildman–Crippen MR) is 26.0 cm³/mol.